The Hall–Kier alpha value is -2.65. The van der Waals surface area contributed by atoms with Crippen molar-refractivity contribution in [2.75, 3.05) is 18.1 Å². The molecule has 6 nitrogen and oxygen atoms in total. The molecule has 0 unspecified atom stereocenters. The van der Waals surface area contributed by atoms with Crippen molar-refractivity contribution in [3.8, 4) is 17.3 Å². The molecule has 24 heavy (non-hydrogen) atoms. The van der Waals surface area contributed by atoms with Gasteiger partial charge in [-0.05, 0) is 12.0 Å². The molecule has 0 radical (unpaired) electrons. The maximum atomic E-state index is 9.36. The van der Waals surface area contributed by atoms with E-state index >= 15 is 0 Å². The van der Waals surface area contributed by atoms with Crippen LogP contribution in [0, 0.1) is 11.3 Å². The third-order valence-corrected chi connectivity index (χ3v) is 3.74. The van der Waals surface area contributed by atoms with E-state index in [1.807, 2.05) is 24.3 Å². The average molecular weight is 325 g/mol. The van der Waals surface area contributed by atoms with Gasteiger partial charge in [-0.25, -0.2) is 4.98 Å². The predicted molar refractivity (Wildman–Crippen MR) is 94.8 cm³/mol. The molecule has 126 valence electrons. The van der Waals surface area contributed by atoms with Gasteiger partial charge in [-0.15, -0.1) is 0 Å². The van der Waals surface area contributed by atoms with Gasteiger partial charge in [0.15, 0.2) is 0 Å². The summed E-state index contributed by atoms with van der Waals surface area (Å²) in [5.74, 6) is 0.145. The number of nitrogens with two attached hydrogens (primary N) is 2. The van der Waals surface area contributed by atoms with Gasteiger partial charge in [0.25, 0.3) is 0 Å². The highest BCUT2D eigenvalue weighted by Gasteiger charge is 2.15. The van der Waals surface area contributed by atoms with Crippen molar-refractivity contribution in [3.05, 3.63) is 35.4 Å². The number of hydrogen-bond acceptors (Lipinski definition) is 6. The first-order chi connectivity index (χ1) is 11.7. The maximum Gasteiger partial charge on any atom is 0.222 e. The fourth-order valence-electron chi connectivity index (χ4n) is 2.49. The molecule has 0 fully saturated rings. The molecule has 6 heteroatoms. The van der Waals surface area contributed by atoms with Crippen LogP contribution in [0.2, 0.25) is 0 Å². The van der Waals surface area contributed by atoms with Crippen molar-refractivity contribution in [1.82, 2.24) is 9.97 Å². The summed E-state index contributed by atoms with van der Waals surface area (Å²) in [6.07, 6.45) is 4.66. The molecule has 0 aliphatic rings. The van der Waals surface area contributed by atoms with E-state index in [1.54, 1.807) is 0 Å². The normalized spacial score (nSPS) is 10.5. The molecule has 0 amide bonds. The second-order valence-corrected chi connectivity index (χ2v) is 5.57. The summed E-state index contributed by atoms with van der Waals surface area (Å²) in [5.41, 5.74) is 13.9. The number of nitrogens with zero attached hydrogens (tertiary/aromatic N) is 3. The van der Waals surface area contributed by atoms with E-state index in [2.05, 4.69) is 23.0 Å². The molecule has 2 aromatic rings. The number of unbranched alkanes of at least 4 members (excludes halogenated alkanes) is 3. The number of benzene rings is 1. The van der Waals surface area contributed by atoms with Crippen molar-refractivity contribution in [2.24, 2.45) is 0 Å². The fraction of sp³-hybridized carbons (Fsp3) is 0.389. The molecule has 0 bridgehead atoms. The lowest BCUT2D eigenvalue weighted by Gasteiger charge is -2.12. The van der Waals surface area contributed by atoms with Crippen LogP contribution in [0.15, 0.2) is 24.3 Å². The Morgan fingerprint density at radius 2 is 1.92 bits per heavy atom. The van der Waals surface area contributed by atoms with Crippen LogP contribution in [0.5, 0.6) is 0 Å². The van der Waals surface area contributed by atoms with Gasteiger partial charge in [-0.1, -0.05) is 50.5 Å². The highest BCUT2D eigenvalue weighted by atomic mass is 16.5. The predicted octanol–water partition coefficient (Wildman–Crippen LogP) is 3.28. The molecule has 1 heterocycles. The smallest absolute Gasteiger partial charge is 0.222 e. The van der Waals surface area contributed by atoms with E-state index < -0.39 is 0 Å². The lowest BCUT2D eigenvalue weighted by Crippen LogP contribution is -2.06. The van der Waals surface area contributed by atoms with Gasteiger partial charge < -0.3 is 16.2 Å². The molecule has 1 aromatic carbocycles. The zero-order valence-corrected chi connectivity index (χ0v) is 14.0. The van der Waals surface area contributed by atoms with Gasteiger partial charge in [-0.3, -0.25) is 0 Å². The van der Waals surface area contributed by atoms with Crippen LogP contribution in [0.1, 0.15) is 43.7 Å². The number of nitriles is 1. The Labute approximate surface area is 142 Å². The van der Waals surface area contributed by atoms with Crippen LogP contribution in [-0.2, 0) is 11.3 Å². The van der Waals surface area contributed by atoms with Gasteiger partial charge >= 0.3 is 0 Å². The summed E-state index contributed by atoms with van der Waals surface area (Å²) in [7, 11) is 0. The van der Waals surface area contributed by atoms with Gasteiger partial charge in [0, 0.05) is 12.2 Å². The molecule has 0 aliphatic carbocycles. The second-order valence-electron chi connectivity index (χ2n) is 5.57. The minimum Gasteiger partial charge on any atom is -0.382 e. The average Bonchev–Trinajstić information content (AvgIpc) is 2.58. The first-order valence-electron chi connectivity index (χ1n) is 8.16. The quantitative estimate of drug-likeness (QED) is 0.720. The van der Waals surface area contributed by atoms with Crippen LogP contribution >= 0.6 is 0 Å². The topological polar surface area (TPSA) is 111 Å². The largest absolute Gasteiger partial charge is 0.382 e. The number of nitrogen functional groups attached to an aromatic ring is 2. The van der Waals surface area contributed by atoms with E-state index in [-0.39, 0.29) is 17.3 Å². The molecule has 1 aromatic heterocycles. The number of rotatable bonds is 8. The molecule has 4 N–H and O–H groups in total. The first kappa shape index (κ1) is 17.7. The molecule has 0 saturated carbocycles. The molecule has 0 spiro atoms. The third kappa shape index (κ3) is 4.43. The highest BCUT2D eigenvalue weighted by molar-refractivity contribution is 5.75. The standard InChI is InChI=1S/C18H23N5O/c1-2-3-4-7-10-24-12-13-8-5-6-9-14(13)16-15(11-19)17(20)23-18(21)22-16/h5-6,8-9H,2-4,7,10,12H2,1H3,(H4,20,21,22,23). The van der Waals surface area contributed by atoms with Crippen LogP contribution in [0.4, 0.5) is 11.8 Å². The maximum absolute atomic E-state index is 9.36. The zero-order chi connectivity index (χ0) is 17.4. The number of anilines is 2. The highest BCUT2D eigenvalue weighted by Crippen LogP contribution is 2.28. The number of hydrogen-bond donors (Lipinski definition) is 2. The summed E-state index contributed by atoms with van der Waals surface area (Å²) >= 11 is 0. The number of aromatic nitrogens is 2. The Bertz CT molecular complexity index is 724. The fourth-order valence-corrected chi connectivity index (χ4v) is 2.49. The molecule has 0 saturated heterocycles. The van der Waals surface area contributed by atoms with Gasteiger partial charge in [0.05, 0.1) is 12.3 Å². The molecule has 0 aliphatic heterocycles. The summed E-state index contributed by atoms with van der Waals surface area (Å²) in [6, 6.07) is 9.72. The van der Waals surface area contributed by atoms with Gasteiger partial charge in [0.1, 0.15) is 17.5 Å². The zero-order valence-electron chi connectivity index (χ0n) is 14.0. The van der Waals surface area contributed by atoms with Crippen LogP contribution in [-0.4, -0.2) is 16.6 Å². The van der Waals surface area contributed by atoms with E-state index in [4.69, 9.17) is 16.2 Å². The first-order valence-corrected chi connectivity index (χ1v) is 8.16. The summed E-state index contributed by atoms with van der Waals surface area (Å²) in [5, 5.41) is 9.36. The van der Waals surface area contributed by atoms with Crippen molar-refractivity contribution in [1.29, 1.82) is 5.26 Å². The van der Waals surface area contributed by atoms with Crippen LogP contribution in [0.3, 0.4) is 0 Å². The molecule has 0 atom stereocenters. The van der Waals surface area contributed by atoms with Crippen molar-refractivity contribution >= 4 is 11.8 Å². The van der Waals surface area contributed by atoms with Crippen LogP contribution in [0.25, 0.3) is 11.3 Å². The van der Waals surface area contributed by atoms with E-state index in [0.717, 1.165) is 17.5 Å². The van der Waals surface area contributed by atoms with E-state index in [1.165, 1.54) is 19.3 Å². The minimum absolute atomic E-state index is 0.0526. The van der Waals surface area contributed by atoms with E-state index in [9.17, 15) is 5.26 Å². The minimum atomic E-state index is 0.0526. The Morgan fingerprint density at radius 3 is 2.67 bits per heavy atom. The Morgan fingerprint density at radius 1 is 1.12 bits per heavy atom. The molecular formula is C18H23N5O. The van der Waals surface area contributed by atoms with Crippen molar-refractivity contribution < 1.29 is 4.74 Å². The Balaban J connectivity index is 2.19. The second kappa shape index (κ2) is 8.85. The van der Waals surface area contributed by atoms with Crippen molar-refractivity contribution in [3.63, 3.8) is 0 Å². The van der Waals surface area contributed by atoms with Crippen molar-refractivity contribution in [2.45, 2.75) is 39.2 Å². The summed E-state index contributed by atoms with van der Waals surface area (Å²) in [6.45, 7) is 3.35. The summed E-state index contributed by atoms with van der Waals surface area (Å²) < 4.78 is 5.77. The van der Waals surface area contributed by atoms with Gasteiger partial charge in [0.2, 0.25) is 5.95 Å². The Kier molecular flexibility index (Phi) is 6.52. The van der Waals surface area contributed by atoms with E-state index in [0.29, 0.717) is 18.9 Å². The lowest BCUT2D eigenvalue weighted by atomic mass is 10.0. The molecular weight excluding hydrogens is 302 g/mol. The number of ether oxygens (including phenoxy) is 1. The van der Waals surface area contributed by atoms with Crippen LogP contribution < -0.4 is 11.5 Å². The SMILES string of the molecule is CCCCCCOCc1ccccc1-c1nc(N)nc(N)c1C#N. The lowest BCUT2D eigenvalue weighted by molar-refractivity contribution is 0.117. The van der Waals surface area contributed by atoms with Gasteiger partial charge in [-0.2, -0.15) is 10.2 Å². The summed E-state index contributed by atoms with van der Waals surface area (Å²) in [4.78, 5) is 8.07. The third-order valence-electron chi connectivity index (χ3n) is 3.74. The monoisotopic (exact) mass is 325 g/mol. The molecule has 2 rings (SSSR count).